The van der Waals surface area contributed by atoms with E-state index in [1.54, 1.807) is 18.3 Å². The lowest BCUT2D eigenvalue weighted by Crippen LogP contribution is -2.42. The van der Waals surface area contributed by atoms with Gasteiger partial charge < -0.3 is 9.47 Å². The predicted octanol–water partition coefficient (Wildman–Crippen LogP) is 2.19. The third kappa shape index (κ3) is 6.47. The normalized spacial score (nSPS) is 15.0. The molecule has 0 spiro atoms. The van der Waals surface area contributed by atoms with Crippen molar-refractivity contribution in [3.05, 3.63) is 65.5 Å². The molecule has 1 fully saturated rings. The van der Waals surface area contributed by atoms with Crippen LogP contribution in [0.4, 0.5) is 4.39 Å². The first-order valence-electron chi connectivity index (χ1n) is 8.78. The number of morpholine rings is 1. The lowest BCUT2D eigenvalue weighted by atomic mass is 10.2. The summed E-state index contributed by atoms with van der Waals surface area (Å²) in [6.45, 7) is 3.52. The molecule has 0 bridgehead atoms. The molecular formula is C20H22FN3O3. The Bertz CT molecular complexity index is 757. The highest BCUT2D eigenvalue weighted by Crippen LogP contribution is 2.13. The molecule has 142 valence electrons. The smallest absolute Gasteiger partial charge is 0.254 e. The van der Waals surface area contributed by atoms with Crippen molar-refractivity contribution in [3.63, 3.8) is 0 Å². The fraction of sp³-hybridized carbons (Fsp3) is 0.300. The summed E-state index contributed by atoms with van der Waals surface area (Å²) in [5.41, 5.74) is 4.27. The maximum atomic E-state index is 12.9. The Morgan fingerprint density at radius 1 is 1.15 bits per heavy atom. The van der Waals surface area contributed by atoms with Gasteiger partial charge in [-0.25, -0.2) is 9.82 Å². The number of nitrogens with zero attached hydrogens (tertiary/aromatic N) is 2. The quantitative estimate of drug-likeness (QED) is 0.599. The van der Waals surface area contributed by atoms with Crippen LogP contribution >= 0.6 is 0 Å². The fourth-order valence-electron chi connectivity index (χ4n) is 2.57. The molecule has 2 aromatic rings. The molecule has 0 radical (unpaired) electrons. The maximum absolute atomic E-state index is 12.9. The van der Waals surface area contributed by atoms with Crippen LogP contribution in [0.15, 0.2) is 53.6 Å². The number of ether oxygens (including phenoxy) is 2. The second-order valence-corrected chi connectivity index (χ2v) is 6.17. The second-order valence-electron chi connectivity index (χ2n) is 6.17. The lowest BCUT2D eigenvalue weighted by Gasteiger charge is -2.25. The average molecular weight is 371 g/mol. The third-order valence-corrected chi connectivity index (χ3v) is 4.07. The van der Waals surface area contributed by atoms with Crippen LogP contribution in [0, 0.1) is 5.82 Å². The second kappa shape index (κ2) is 9.80. The molecule has 0 saturated carbocycles. The summed E-state index contributed by atoms with van der Waals surface area (Å²) < 4.78 is 23.8. The largest absolute Gasteiger partial charge is 0.489 e. The molecule has 0 aromatic heterocycles. The van der Waals surface area contributed by atoms with Crippen LogP contribution in [0.1, 0.15) is 11.1 Å². The lowest BCUT2D eigenvalue weighted by molar-refractivity contribution is -0.123. The zero-order chi connectivity index (χ0) is 18.9. The van der Waals surface area contributed by atoms with Crippen molar-refractivity contribution < 1.29 is 18.7 Å². The highest BCUT2D eigenvalue weighted by Gasteiger charge is 2.13. The van der Waals surface area contributed by atoms with Gasteiger partial charge >= 0.3 is 0 Å². The van der Waals surface area contributed by atoms with Crippen LogP contribution in [-0.4, -0.2) is 49.9 Å². The van der Waals surface area contributed by atoms with Crippen molar-refractivity contribution in [2.75, 3.05) is 32.8 Å². The molecule has 1 aliphatic rings. The molecule has 27 heavy (non-hydrogen) atoms. The number of hydrazone groups is 1. The predicted molar refractivity (Wildman–Crippen MR) is 100 cm³/mol. The molecule has 0 atom stereocenters. The Kier molecular flexibility index (Phi) is 6.90. The van der Waals surface area contributed by atoms with E-state index >= 15 is 0 Å². The first-order chi connectivity index (χ1) is 13.2. The van der Waals surface area contributed by atoms with Crippen LogP contribution in [0.5, 0.6) is 5.75 Å². The van der Waals surface area contributed by atoms with Gasteiger partial charge in [0.05, 0.1) is 26.0 Å². The Morgan fingerprint density at radius 3 is 2.56 bits per heavy atom. The minimum absolute atomic E-state index is 0.146. The van der Waals surface area contributed by atoms with Gasteiger partial charge in [0.25, 0.3) is 5.91 Å². The molecular weight excluding hydrogens is 349 g/mol. The van der Waals surface area contributed by atoms with Crippen LogP contribution in [0.2, 0.25) is 0 Å². The van der Waals surface area contributed by atoms with E-state index in [4.69, 9.17) is 9.47 Å². The van der Waals surface area contributed by atoms with E-state index in [9.17, 15) is 9.18 Å². The van der Waals surface area contributed by atoms with E-state index in [0.717, 1.165) is 24.2 Å². The molecule has 2 aromatic carbocycles. The van der Waals surface area contributed by atoms with Crippen molar-refractivity contribution in [2.24, 2.45) is 5.10 Å². The summed E-state index contributed by atoms with van der Waals surface area (Å²) in [5.74, 6) is 0.291. The van der Waals surface area contributed by atoms with E-state index in [1.165, 1.54) is 12.1 Å². The summed E-state index contributed by atoms with van der Waals surface area (Å²) >= 11 is 0. The molecule has 0 aliphatic carbocycles. The summed E-state index contributed by atoms with van der Waals surface area (Å²) in [6, 6.07) is 13.5. The highest BCUT2D eigenvalue weighted by atomic mass is 19.1. The molecule has 1 saturated heterocycles. The van der Waals surface area contributed by atoms with Crippen LogP contribution in [0.25, 0.3) is 0 Å². The van der Waals surface area contributed by atoms with Gasteiger partial charge in [-0.05, 0) is 47.5 Å². The van der Waals surface area contributed by atoms with Crippen LogP contribution in [-0.2, 0) is 16.1 Å². The number of rotatable bonds is 7. The van der Waals surface area contributed by atoms with Crippen LogP contribution in [0.3, 0.4) is 0 Å². The number of carbonyl (C=O) groups excluding carboxylic acids is 1. The average Bonchev–Trinajstić information content (AvgIpc) is 2.69. The van der Waals surface area contributed by atoms with Gasteiger partial charge in [0.15, 0.2) is 0 Å². The van der Waals surface area contributed by atoms with E-state index in [1.807, 2.05) is 29.2 Å². The zero-order valence-electron chi connectivity index (χ0n) is 14.9. The monoisotopic (exact) mass is 371 g/mol. The number of hydrogen-bond acceptors (Lipinski definition) is 5. The standard InChI is InChI=1S/C20H22FN3O3/c21-18-5-1-17(2-6-18)15-27-19-7-3-16(4-8-19)13-22-23-20(25)14-24-9-11-26-12-10-24/h1-8,13H,9-12,14-15H2,(H,23,25)/b22-13-. The minimum atomic E-state index is -0.264. The Labute approximate surface area is 157 Å². The van der Waals surface area contributed by atoms with Crippen molar-refractivity contribution in [3.8, 4) is 5.75 Å². The summed E-state index contributed by atoms with van der Waals surface area (Å²) in [5, 5.41) is 3.98. The van der Waals surface area contributed by atoms with Crippen molar-refractivity contribution in [2.45, 2.75) is 6.61 Å². The van der Waals surface area contributed by atoms with Crippen LogP contribution < -0.4 is 10.2 Å². The SMILES string of the molecule is O=C(CN1CCOCC1)N/N=C\c1ccc(OCc2ccc(F)cc2)cc1. The van der Waals surface area contributed by atoms with Gasteiger partial charge in [-0.15, -0.1) is 0 Å². The number of carbonyl (C=O) groups is 1. The fourth-order valence-corrected chi connectivity index (χ4v) is 2.57. The van der Waals surface area contributed by atoms with Crippen molar-refractivity contribution >= 4 is 12.1 Å². The van der Waals surface area contributed by atoms with Gasteiger partial charge in [-0.1, -0.05) is 12.1 Å². The first kappa shape index (κ1) is 19.0. The summed E-state index contributed by atoms with van der Waals surface area (Å²) in [7, 11) is 0. The highest BCUT2D eigenvalue weighted by molar-refractivity contribution is 5.83. The maximum Gasteiger partial charge on any atom is 0.254 e. The third-order valence-electron chi connectivity index (χ3n) is 4.07. The van der Waals surface area contributed by atoms with Gasteiger partial charge in [-0.2, -0.15) is 5.10 Å². The molecule has 3 rings (SSSR count). The summed E-state index contributed by atoms with van der Waals surface area (Å²) in [6.07, 6.45) is 1.58. The molecule has 1 N–H and O–H groups in total. The molecule has 0 unspecified atom stereocenters. The molecule has 6 nitrogen and oxygen atoms in total. The number of halogens is 1. The van der Waals surface area contributed by atoms with Crippen molar-refractivity contribution in [1.82, 2.24) is 10.3 Å². The number of benzene rings is 2. The molecule has 1 amide bonds. The van der Waals surface area contributed by atoms with E-state index < -0.39 is 0 Å². The van der Waals surface area contributed by atoms with E-state index in [-0.39, 0.29) is 11.7 Å². The summed E-state index contributed by atoms with van der Waals surface area (Å²) in [4.78, 5) is 13.9. The van der Waals surface area contributed by atoms with E-state index in [2.05, 4.69) is 10.5 Å². The Balaban J connectivity index is 1.42. The molecule has 1 aliphatic heterocycles. The van der Waals surface area contributed by atoms with Gasteiger partial charge in [0.1, 0.15) is 18.2 Å². The zero-order valence-corrected chi connectivity index (χ0v) is 14.9. The van der Waals surface area contributed by atoms with E-state index in [0.29, 0.717) is 32.1 Å². The first-order valence-corrected chi connectivity index (χ1v) is 8.78. The minimum Gasteiger partial charge on any atom is -0.489 e. The van der Waals surface area contributed by atoms with Gasteiger partial charge in [0.2, 0.25) is 0 Å². The Hall–Kier alpha value is -2.77. The number of hydrogen-bond donors (Lipinski definition) is 1. The number of amides is 1. The Morgan fingerprint density at radius 2 is 1.85 bits per heavy atom. The van der Waals surface area contributed by atoms with Gasteiger partial charge in [-0.3, -0.25) is 9.69 Å². The van der Waals surface area contributed by atoms with Crippen molar-refractivity contribution in [1.29, 1.82) is 0 Å². The molecule has 7 heteroatoms. The van der Waals surface area contributed by atoms with Gasteiger partial charge in [0, 0.05) is 13.1 Å². The molecule has 1 heterocycles. The number of nitrogens with one attached hydrogen (secondary N) is 1. The topological polar surface area (TPSA) is 63.2 Å².